The molecule has 1 aliphatic carbocycles. The summed E-state index contributed by atoms with van der Waals surface area (Å²) in [5.41, 5.74) is 4.48. The molecule has 1 aromatic carbocycles. The first-order chi connectivity index (χ1) is 13.0. The van der Waals surface area contributed by atoms with Crippen molar-refractivity contribution >= 4 is 22.8 Å². The molecule has 1 N–H and O–H groups in total. The molecule has 6 heteroatoms. The minimum atomic E-state index is -0.0378. The normalized spacial score (nSPS) is 19.6. The Balaban J connectivity index is 1.73. The number of carbonyl (C=O) groups is 1. The monoisotopic (exact) mass is 363 g/mol. The fourth-order valence-electron chi connectivity index (χ4n) is 4.32. The smallest absolute Gasteiger partial charge is 0.226 e. The quantitative estimate of drug-likeness (QED) is 0.767. The molecule has 0 bridgehead atoms. The standard InChI is InChI=1S/C21H25N5O/c1-12(2)11-26-16-7-5-4-6-15(16)22-20(26)14-10-17(27)23-21-18(14)19(13-8-9-13)24-25(21)3/h4-7,12-14H,8-11H2,1-3H3,(H,23,27). The lowest BCUT2D eigenvalue weighted by Crippen LogP contribution is -2.27. The van der Waals surface area contributed by atoms with Crippen molar-refractivity contribution in [2.75, 3.05) is 5.32 Å². The summed E-state index contributed by atoms with van der Waals surface area (Å²) in [5.74, 6) is 2.87. The molecular formula is C21H25N5O. The highest BCUT2D eigenvalue weighted by atomic mass is 16.1. The van der Waals surface area contributed by atoms with Gasteiger partial charge in [0.25, 0.3) is 0 Å². The topological polar surface area (TPSA) is 64.7 Å². The van der Waals surface area contributed by atoms with Crippen molar-refractivity contribution in [3.8, 4) is 0 Å². The van der Waals surface area contributed by atoms with Crippen molar-refractivity contribution in [3.05, 3.63) is 41.3 Å². The molecule has 2 aromatic heterocycles. The molecule has 1 atom stereocenters. The molecule has 1 aliphatic heterocycles. The van der Waals surface area contributed by atoms with Crippen LogP contribution in [0.5, 0.6) is 0 Å². The maximum Gasteiger partial charge on any atom is 0.226 e. The van der Waals surface area contributed by atoms with Crippen LogP contribution >= 0.6 is 0 Å². The summed E-state index contributed by atoms with van der Waals surface area (Å²) in [6.07, 6.45) is 2.80. The van der Waals surface area contributed by atoms with Crippen molar-refractivity contribution in [2.45, 2.75) is 51.5 Å². The van der Waals surface area contributed by atoms with Gasteiger partial charge in [0.1, 0.15) is 11.6 Å². The van der Waals surface area contributed by atoms with Crippen LogP contribution in [0.1, 0.15) is 62.0 Å². The van der Waals surface area contributed by atoms with Crippen LogP contribution in [0.15, 0.2) is 24.3 Å². The second-order valence-electron chi connectivity index (χ2n) is 8.31. The highest BCUT2D eigenvalue weighted by molar-refractivity contribution is 5.94. The van der Waals surface area contributed by atoms with Gasteiger partial charge in [-0.3, -0.25) is 9.48 Å². The summed E-state index contributed by atoms with van der Waals surface area (Å²) in [4.78, 5) is 17.5. The van der Waals surface area contributed by atoms with Crippen LogP contribution in [0.2, 0.25) is 0 Å². The maximum absolute atomic E-state index is 12.5. The molecule has 1 unspecified atom stereocenters. The number of benzene rings is 1. The fraction of sp³-hybridized carbons (Fsp3) is 0.476. The second-order valence-corrected chi connectivity index (χ2v) is 8.31. The molecular weight excluding hydrogens is 338 g/mol. The number of anilines is 1. The molecule has 0 radical (unpaired) electrons. The van der Waals surface area contributed by atoms with Crippen LogP contribution in [0, 0.1) is 5.92 Å². The average molecular weight is 363 g/mol. The number of fused-ring (bicyclic) bond motifs is 2. The first-order valence-corrected chi connectivity index (χ1v) is 9.84. The lowest BCUT2D eigenvalue weighted by molar-refractivity contribution is -0.116. The van der Waals surface area contributed by atoms with Gasteiger partial charge >= 0.3 is 0 Å². The summed E-state index contributed by atoms with van der Waals surface area (Å²) >= 11 is 0. The summed E-state index contributed by atoms with van der Waals surface area (Å²) in [7, 11) is 1.92. The third-order valence-corrected chi connectivity index (χ3v) is 5.62. The minimum Gasteiger partial charge on any atom is -0.327 e. The summed E-state index contributed by atoms with van der Waals surface area (Å²) < 4.78 is 4.15. The van der Waals surface area contributed by atoms with E-state index in [1.807, 2.05) is 17.8 Å². The Morgan fingerprint density at radius 1 is 1.26 bits per heavy atom. The van der Waals surface area contributed by atoms with Crippen LogP contribution in [-0.4, -0.2) is 25.2 Å². The second kappa shape index (κ2) is 5.94. The van der Waals surface area contributed by atoms with E-state index in [1.165, 1.54) is 18.4 Å². The number of nitrogens with zero attached hydrogens (tertiary/aromatic N) is 4. The van der Waals surface area contributed by atoms with E-state index >= 15 is 0 Å². The maximum atomic E-state index is 12.5. The molecule has 140 valence electrons. The van der Waals surface area contributed by atoms with E-state index in [0.717, 1.165) is 34.9 Å². The van der Waals surface area contributed by atoms with Crippen molar-refractivity contribution in [1.29, 1.82) is 0 Å². The Kier molecular flexibility index (Phi) is 3.64. The Morgan fingerprint density at radius 3 is 2.78 bits per heavy atom. The van der Waals surface area contributed by atoms with Crippen LogP contribution < -0.4 is 5.32 Å². The number of rotatable bonds is 4. The van der Waals surface area contributed by atoms with E-state index in [0.29, 0.717) is 18.3 Å². The molecule has 0 spiro atoms. The molecule has 2 aliphatic rings. The van der Waals surface area contributed by atoms with Gasteiger partial charge in [0, 0.05) is 31.5 Å². The van der Waals surface area contributed by atoms with E-state index in [-0.39, 0.29) is 11.8 Å². The van der Waals surface area contributed by atoms with Gasteiger partial charge in [0.2, 0.25) is 5.91 Å². The SMILES string of the molecule is CC(C)Cn1c(C2CC(=O)Nc3c2c(C2CC2)nn3C)nc2ccccc21. The van der Waals surface area contributed by atoms with Gasteiger partial charge < -0.3 is 9.88 Å². The van der Waals surface area contributed by atoms with E-state index in [4.69, 9.17) is 10.1 Å². The van der Waals surface area contributed by atoms with E-state index in [9.17, 15) is 4.79 Å². The number of aromatic nitrogens is 4. The largest absolute Gasteiger partial charge is 0.327 e. The molecule has 1 amide bonds. The lowest BCUT2D eigenvalue weighted by atomic mass is 9.89. The number of amides is 1. The molecule has 27 heavy (non-hydrogen) atoms. The summed E-state index contributed by atoms with van der Waals surface area (Å²) in [5, 5.41) is 7.82. The zero-order valence-corrected chi connectivity index (χ0v) is 16.1. The predicted molar refractivity (Wildman–Crippen MR) is 105 cm³/mol. The Bertz CT molecular complexity index is 1040. The lowest BCUT2D eigenvalue weighted by Gasteiger charge is -2.25. The van der Waals surface area contributed by atoms with Crippen molar-refractivity contribution in [3.63, 3.8) is 0 Å². The highest BCUT2D eigenvalue weighted by Gasteiger charge is 2.40. The Hall–Kier alpha value is -2.63. The van der Waals surface area contributed by atoms with Gasteiger partial charge in [-0.05, 0) is 30.9 Å². The molecule has 3 heterocycles. The minimum absolute atomic E-state index is 0.0378. The number of hydrogen-bond donors (Lipinski definition) is 1. The summed E-state index contributed by atoms with van der Waals surface area (Å²) in [6.45, 7) is 5.33. The van der Waals surface area contributed by atoms with Gasteiger partial charge in [-0.25, -0.2) is 4.98 Å². The molecule has 6 nitrogen and oxygen atoms in total. The number of imidazole rings is 1. The van der Waals surface area contributed by atoms with E-state index < -0.39 is 0 Å². The van der Waals surface area contributed by atoms with Gasteiger partial charge in [-0.2, -0.15) is 5.10 Å². The molecule has 1 saturated carbocycles. The third kappa shape index (κ3) is 2.66. The number of nitrogens with one attached hydrogen (secondary N) is 1. The molecule has 1 fully saturated rings. The summed E-state index contributed by atoms with van der Waals surface area (Å²) in [6, 6.07) is 8.27. The number of carbonyl (C=O) groups excluding carboxylic acids is 1. The van der Waals surface area contributed by atoms with Crippen LogP contribution in [-0.2, 0) is 18.4 Å². The number of aryl methyl sites for hydroxylation is 1. The average Bonchev–Trinajstić information content (AvgIpc) is 3.35. The van der Waals surface area contributed by atoms with Gasteiger partial charge in [-0.15, -0.1) is 0 Å². The number of hydrogen-bond acceptors (Lipinski definition) is 3. The van der Waals surface area contributed by atoms with Crippen molar-refractivity contribution in [1.82, 2.24) is 19.3 Å². The van der Waals surface area contributed by atoms with Crippen LogP contribution in [0.4, 0.5) is 5.82 Å². The first-order valence-electron chi connectivity index (χ1n) is 9.84. The first kappa shape index (κ1) is 16.5. The van der Waals surface area contributed by atoms with Crippen molar-refractivity contribution in [2.24, 2.45) is 13.0 Å². The predicted octanol–water partition coefficient (Wildman–Crippen LogP) is 3.78. The van der Waals surface area contributed by atoms with Gasteiger partial charge in [0.15, 0.2) is 0 Å². The van der Waals surface area contributed by atoms with E-state index in [1.54, 1.807) is 0 Å². The third-order valence-electron chi connectivity index (χ3n) is 5.62. The highest BCUT2D eigenvalue weighted by Crippen LogP contribution is 2.48. The molecule has 0 saturated heterocycles. The van der Waals surface area contributed by atoms with Gasteiger partial charge in [-0.1, -0.05) is 26.0 Å². The zero-order chi connectivity index (χ0) is 18.7. The van der Waals surface area contributed by atoms with Gasteiger partial charge in [0.05, 0.1) is 22.6 Å². The van der Waals surface area contributed by atoms with Crippen LogP contribution in [0.3, 0.4) is 0 Å². The fourth-order valence-corrected chi connectivity index (χ4v) is 4.32. The van der Waals surface area contributed by atoms with E-state index in [2.05, 4.69) is 41.9 Å². The molecule has 3 aromatic rings. The zero-order valence-electron chi connectivity index (χ0n) is 16.1. The molecule has 5 rings (SSSR count). The van der Waals surface area contributed by atoms with Crippen LogP contribution in [0.25, 0.3) is 11.0 Å². The number of para-hydroxylation sites is 2. The Morgan fingerprint density at radius 2 is 2.04 bits per heavy atom. The Labute approximate surface area is 158 Å². The van der Waals surface area contributed by atoms with Crippen molar-refractivity contribution < 1.29 is 4.79 Å².